The van der Waals surface area contributed by atoms with E-state index in [1.54, 1.807) is 0 Å². The summed E-state index contributed by atoms with van der Waals surface area (Å²) in [6.07, 6.45) is 5.92. The van der Waals surface area contributed by atoms with Crippen molar-refractivity contribution in [3.63, 3.8) is 0 Å². The van der Waals surface area contributed by atoms with Crippen LogP contribution in [0.1, 0.15) is 85.3 Å². The summed E-state index contributed by atoms with van der Waals surface area (Å²) in [5.74, 6) is 9.64. The van der Waals surface area contributed by atoms with E-state index < -0.39 is 8.07 Å². The molecule has 3 heteroatoms. The van der Waals surface area contributed by atoms with Gasteiger partial charge in [-0.05, 0) is 41.2 Å². The summed E-state index contributed by atoms with van der Waals surface area (Å²) in [6.45, 7) is 15.8. The van der Waals surface area contributed by atoms with Crippen LogP contribution < -0.4 is 5.43 Å². The predicted molar refractivity (Wildman–Crippen MR) is 131 cm³/mol. The third kappa shape index (κ3) is 5.27. The van der Waals surface area contributed by atoms with Crippen molar-refractivity contribution in [3.8, 4) is 23.3 Å². The van der Waals surface area contributed by atoms with Gasteiger partial charge in [0.15, 0.2) is 0 Å². The molecule has 0 bridgehead atoms. The van der Waals surface area contributed by atoms with Gasteiger partial charge in [-0.25, -0.2) is 0 Å². The number of benzene rings is 1. The zero-order valence-corrected chi connectivity index (χ0v) is 20.7. The summed E-state index contributed by atoms with van der Waals surface area (Å²) in [4.78, 5) is 13.1. The molecule has 0 saturated heterocycles. The predicted octanol–water partition coefficient (Wildman–Crippen LogP) is 7.29. The maximum Gasteiger partial charge on any atom is 0.208 e. The maximum absolute atomic E-state index is 13.1. The van der Waals surface area contributed by atoms with E-state index in [0.717, 1.165) is 18.4 Å². The van der Waals surface area contributed by atoms with Crippen molar-refractivity contribution >= 4 is 19.0 Å². The number of hydrogen-bond donors (Lipinski definition) is 0. The summed E-state index contributed by atoms with van der Waals surface area (Å²) in [5, 5.41) is 0.563. The lowest BCUT2D eigenvalue weighted by atomic mass is 10.1. The molecule has 0 radical (unpaired) electrons. The number of rotatable bonds is 6. The molecule has 1 aromatic carbocycles. The average Bonchev–Trinajstić information content (AvgIpc) is 2.69. The first kappa shape index (κ1) is 24.0. The third-order valence-electron chi connectivity index (χ3n) is 6.19. The first-order valence-corrected chi connectivity index (χ1v) is 13.5. The molecule has 0 N–H and O–H groups in total. The molecule has 0 unspecified atom stereocenters. The third-order valence-corrected chi connectivity index (χ3v) is 12.5. The Balaban J connectivity index is 2.46. The molecule has 0 atom stereocenters. The number of unbranched alkanes of at least 4 members (excludes halogenated alkanes) is 3. The number of hydrogen-bond acceptors (Lipinski definition) is 2. The molecule has 0 aliphatic heterocycles. The monoisotopic (exact) mass is 420 g/mol. The molecule has 0 amide bonds. The van der Waals surface area contributed by atoms with Crippen molar-refractivity contribution < 1.29 is 4.42 Å². The molecular formula is C27H36O2Si. The van der Waals surface area contributed by atoms with Gasteiger partial charge in [0.1, 0.15) is 25.5 Å². The molecule has 0 aliphatic rings. The Labute approximate surface area is 183 Å². The largest absolute Gasteiger partial charge is 0.463 e. The summed E-state index contributed by atoms with van der Waals surface area (Å²) >= 11 is 0. The van der Waals surface area contributed by atoms with E-state index in [9.17, 15) is 4.79 Å². The second-order valence-corrected chi connectivity index (χ2v) is 14.7. The standard InChI is InChI=1S/C27H36O2Si/c1-8-9-10-11-12-13-23-14-15-26-25(18-23)27(28)24(19-29-26)16-17-30(20(2)3,21(4)5)22(6)7/h14-15,18-22H,8-11H2,1-7H3. The van der Waals surface area contributed by atoms with Crippen molar-refractivity contribution in [2.45, 2.75) is 90.8 Å². The molecule has 0 saturated carbocycles. The maximum atomic E-state index is 13.1. The van der Waals surface area contributed by atoms with E-state index in [2.05, 4.69) is 71.8 Å². The van der Waals surface area contributed by atoms with Crippen LogP contribution in [0.3, 0.4) is 0 Å². The molecule has 2 aromatic rings. The van der Waals surface area contributed by atoms with Crippen LogP contribution in [0, 0.1) is 23.3 Å². The Morgan fingerprint density at radius 2 is 1.63 bits per heavy atom. The quantitative estimate of drug-likeness (QED) is 0.279. The topological polar surface area (TPSA) is 30.2 Å². The minimum atomic E-state index is -1.90. The molecule has 30 heavy (non-hydrogen) atoms. The van der Waals surface area contributed by atoms with Crippen molar-refractivity contribution in [1.29, 1.82) is 0 Å². The Hall–Kier alpha value is -2.23. The lowest BCUT2D eigenvalue weighted by Crippen LogP contribution is -2.43. The highest BCUT2D eigenvalue weighted by Crippen LogP contribution is 2.40. The minimum absolute atomic E-state index is 0.0578. The van der Waals surface area contributed by atoms with Gasteiger partial charge in [-0.1, -0.05) is 79.1 Å². The molecular weight excluding hydrogens is 384 g/mol. The Kier molecular flexibility index (Phi) is 8.57. The van der Waals surface area contributed by atoms with E-state index in [1.165, 1.54) is 19.1 Å². The molecule has 2 nitrogen and oxygen atoms in total. The van der Waals surface area contributed by atoms with Gasteiger partial charge in [0.25, 0.3) is 0 Å². The highest BCUT2D eigenvalue weighted by molar-refractivity contribution is 6.90. The smallest absolute Gasteiger partial charge is 0.208 e. The molecule has 0 aliphatic carbocycles. The molecule has 1 aromatic heterocycles. The SMILES string of the molecule is CCCCCC#Cc1ccc2occ(C#C[Si](C(C)C)(C(C)C)C(C)C)c(=O)c2c1. The zero-order valence-electron chi connectivity index (χ0n) is 19.7. The average molecular weight is 421 g/mol. The number of fused-ring (bicyclic) bond motifs is 1. The Morgan fingerprint density at radius 1 is 0.967 bits per heavy atom. The van der Waals surface area contributed by atoms with Crippen LogP contribution in [0.15, 0.2) is 33.7 Å². The van der Waals surface area contributed by atoms with E-state index in [-0.39, 0.29) is 5.43 Å². The van der Waals surface area contributed by atoms with Crippen LogP contribution in [0.2, 0.25) is 16.6 Å². The lowest BCUT2D eigenvalue weighted by molar-refractivity contribution is 0.600. The Morgan fingerprint density at radius 3 is 2.23 bits per heavy atom. The second kappa shape index (κ2) is 10.7. The van der Waals surface area contributed by atoms with Crippen LogP contribution in [-0.2, 0) is 0 Å². The fourth-order valence-corrected chi connectivity index (χ4v) is 9.75. The fraction of sp³-hybridized carbons (Fsp3) is 0.519. The van der Waals surface area contributed by atoms with Crippen LogP contribution in [0.25, 0.3) is 11.0 Å². The highest BCUT2D eigenvalue weighted by Gasteiger charge is 2.41. The first-order chi connectivity index (χ1) is 14.2. The van der Waals surface area contributed by atoms with Gasteiger partial charge < -0.3 is 4.42 Å². The fourth-order valence-electron chi connectivity index (χ4n) is 4.53. The summed E-state index contributed by atoms with van der Waals surface area (Å²) < 4.78 is 5.75. The van der Waals surface area contributed by atoms with Crippen LogP contribution in [0.5, 0.6) is 0 Å². The van der Waals surface area contributed by atoms with E-state index in [4.69, 9.17) is 4.42 Å². The van der Waals surface area contributed by atoms with Crippen molar-refractivity contribution in [3.05, 3.63) is 45.8 Å². The van der Waals surface area contributed by atoms with Crippen LogP contribution in [-0.4, -0.2) is 8.07 Å². The molecule has 0 fully saturated rings. The van der Waals surface area contributed by atoms with Crippen molar-refractivity contribution in [1.82, 2.24) is 0 Å². The van der Waals surface area contributed by atoms with E-state index >= 15 is 0 Å². The van der Waals surface area contributed by atoms with Crippen LogP contribution in [0.4, 0.5) is 0 Å². The summed E-state index contributed by atoms with van der Waals surface area (Å²) in [6, 6.07) is 5.59. The highest BCUT2D eigenvalue weighted by atomic mass is 28.3. The zero-order chi connectivity index (χ0) is 22.3. The van der Waals surface area contributed by atoms with Crippen LogP contribution >= 0.6 is 0 Å². The first-order valence-electron chi connectivity index (χ1n) is 11.3. The molecule has 2 rings (SSSR count). The van der Waals surface area contributed by atoms with Gasteiger partial charge in [0, 0.05) is 12.0 Å². The van der Waals surface area contributed by atoms with Gasteiger partial charge in [0.05, 0.1) is 5.39 Å². The molecule has 1 heterocycles. The van der Waals surface area contributed by atoms with E-state index in [0.29, 0.717) is 33.2 Å². The molecule has 160 valence electrons. The molecule has 0 spiro atoms. The van der Waals surface area contributed by atoms with Gasteiger partial charge in [0.2, 0.25) is 5.43 Å². The van der Waals surface area contributed by atoms with E-state index in [1.807, 2.05) is 18.2 Å². The van der Waals surface area contributed by atoms with Gasteiger partial charge in [-0.2, -0.15) is 0 Å². The van der Waals surface area contributed by atoms with Crippen molar-refractivity contribution in [2.24, 2.45) is 0 Å². The van der Waals surface area contributed by atoms with Gasteiger partial charge in [-0.3, -0.25) is 4.79 Å². The normalized spacial score (nSPS) is 11.5. The summed E-state index contributed by atoms with van der Waals surface area (Å²) in [5.41, 5.74) is 7.02. The lowest BCUT2D eigenvalue weighted by Gasteiger charge is -2.38. The summed E-state index contributed by atoms with van der Waals surface area (Å²) in [7, 11) is -1.90. The van der Waals surface area contributed by atoms with Crippen molar-refractivity contribution in [2.75, 3.05) is 0 Å². The van der Waals surface area contributed by atoms with Gasteiger partial charge in [-0.15, -0.1) is 5.54 Å². The van der Waals surface area contributed by atoms with Gasteiger partial charge >= 0.3 is 0 Å². The second-order valence-electron chi connectivity index (χ2n) is 9.10. The minimum Gasteiger partial charge on any atom is -0.463 e. The Bertz CT molecular complexity index is 1010.